The molecule has 3 aliphatic rings. The van der Waals surface area contributed by atoms with Crippen molar-refractivity contribution in [2.45, 2.75) is 37.7 Å². The van der Waals surface area contributed by atoms with E-state index < -0.39 is 0 Å². The average molecular weight is 367 g/mol. The molecule has 1 unspecified atom stereocenters. The first-order valence-corrected chi connectivity index (χ1v) is 10.4. The molecule has 1 spiro atoms. The van der Waals surface area contributed by atoms with Crippen molar-refractivity contribution in [3.8, 4) is 0 Å². The van der Waals surface area contributed by atoms with Gasteiger partial charge in [0.1, 0.15) is 5.60 Å². The topological polar surface area (TPSA) is 48.6 Å². The molecule has 1 aromatic heterocycles. The second kappa shape index (κ2) is 6.64. The molecule has 144 valence electrons. The van der Waals surface area contributed by atoms with Crippen LogP contribution in [0.4, 0.5) is 0 Å². The zero-order valence-electron chi connectivity index (χ0n) is 16.2. The fraction of sp³-hybridized carbons (Fsp3) is 0.591. The summed E-state index contributed by atoms with van der Waals surface area (Å²) in [5, 5.41) is 1.33. The van der Waals surface area contributed by atoms with Crippen LogP contribution in [0.2, 0.25) is 0 Å². The van der Waals surface area contributed by atoms with E-state index in [0.29, 0.717) is 5.91 Å². The molecule has 2 fully saturated rings. The average Bonchev–Trinajstić information content (AvgIpc) is 3.09. The maximum absolute atomic E-state index is 13.0. The van der Waals surface area contributed by atoms with E-state index >= 15 is 0 Å². The third-order valence-electron chi connectivity index (χ3n) is 6.86. The first-order valence-electron chi connectivity index (χ1n) is 10.4. The van der Waals surface area contributed by atoms with Gasteiger partial charge in [-0.2, -0.15) is 0 Å². The largest absolute Gasteiger partial charge is 0.368 e. The normalized spacial score (nSPS) is 25.7. The van der Waals surface area contributed by atoms with Gasteiger partial charge in [0.25, 0.3) is 0 Å². The van der Waals surface area contributed by atoms with Crippen LogP contribution in [-0.2, 0) is 21.6 Å². The molecular weight excluding hydrogens is 338 g/mol. The van der Waals surface area contributed by atoms with Gasteiger partial charge in [-0.05, 0) is 57.3 Å². The lowest BCUT2D eigenvalue weighted by Gasteiger charge is -2.45. The van der Waals surface area contributed by atoms with Crippen LogP contribution in [-0.4, -0.2) is 60.5 Å². The summed E-state index contributed by atoms with van der Waals surface area (Å²) in [4.78, 5) is 21.0. The van der Waals surface area contributed by atoms with Crippen molar-refractivity contribution in [2.75, 3.05) is 39.8 Å². The fourth-order valence-corrected chi connectivity index (χ4v) is 5.38. The monoisotopic (exact) mass is 367 g/mol. The Kier molecular flexibility index (Phi) is 4.25. The molecule has 0 saturated carbocycles. The standard InChI is InChI=1S/C22H29N3O2/c1-24-11-4-5-16(15-24)21(26)25-12-9-22(10-13-25)20-18(8-14-27-22)17-6-2-3-7-19(17)23-20/h2-3,6-7,16,23H,4-5,8-15H2,1H3. The molecule has 0 aliphatic carbocycles. The summed E-state index contributed by atoms with van der Waals surface area (Å²) in [5.74, 6) is 0.526. The quantitative estimate of drug-likeness (QED) is 0.843. The lowest BCUT2D eigenvalue weighted by Crippen LogP contribution is -2.51. The zero-order chi connectivity index (χ0) is 18.4. The van der Waals surface area contributed by atoms with E-state index in [1.165, 1.54) is 22.2 Å². The van der Waals surface area contributed by atoms with Crippen LogP contribution in [0.3, 0.4) is 0 Å². The number of carbonyl (C=O) groups excluding carboxylic acids is 1. The van der Waals surface area contributed by atoms with E-state index in [1.54, 1.807) is 0 Å². The molecule has 1 amide bonds. The Labute approximate surface area is 160 Å². The van der Waals surface area contributed by atoms with Crippen LogP contribution >= 0.6 is 0 Å². The van der Waals surface area contributed by atoms with Crippen molar-refractivity contribution in [1.29, 1.82) is 0 Å². The highest BCUT2D eigenvalue weighted by Crippen LogP contribution is 2.43. The summed E-state index contributed by atoms with van der Waals surface area (Å²) < 4.78 is 6.38. The van der Waals surface area contributed by atoms with Crippen molar-refractivity contribution in [1.82, 2.24) is 14.8 Å². The van der Waals surface area contributed by atoms with E-state index in [2.05, 4.69) is 46.1 Å². The molecule has 1 N–H and O–H groups in total. The molecule has 1 aromatic carbocycles. The number of piperidine rings is 2. The van der Waals surface area contributed by atoms with E-state index in [-0.39, 0.29) is 11.5 Å². The fourth-order valence-electron chi connectivity index (χ4n) is 5.38. The Bertz CT molecular complexity index is 850. The summed E-state index contributed by atoms with van der Waals surface area (Å²) in [7, 11) is 2.12. The van der Waals surface area contributed by atoms with Crippen LogP contribution in [0.15, 0.2) is 24.3 Å². The predicted octanol–water partition coefficient (Wildman–Crippen LogP) is 2.90. The van der Waals surface area contributed by atoms with Gasteiger partial charge in [0.05, 0.1) is 18.2 Å². The Balaban J connectivity index is 1.35. The van der Waals surface area contributed by atoms with Crippen LogP contribution in [0.25, 0.3) is 10.9 Å². The van der Waals surface area contributed by atoms with Crippen molar-refractivity contribution in [3.05, 3.63) is 35.5 Å². The SMILES string of the molecule is CN1CCCC(C(=O)N2CCC3(CC2)OCCc2c3[nH]c3ccccc23)C1. The number of aromatic amines is 1. The number of likely N-dealkylation sites (tertiary alicyclic amines) is 2. The Morgan fingerprint density at radius 2 is 2.04 bits per heavy atom. The number of H-pyrrole nitrogens is 1. The summed E-state index contributed by atoms with van der Waals surface area (Å²) in [6.07, 6.45) is 4.92. The number of amides is 1. The smallest absolute Gasteiger partial charge is 0.226 e. The zero-order valence-corrected chi connectivity index (χ0v) is 16.2. The summed E-state index contributed by atoms with van der Waals surface area (Å²) in [6.45, 7) is 4.39. The highest BCUT2D eigenvalue weighted by atomic mass is 16.5. The number of para-hydroxylation sites is 1. The van der Waals surface area contributed by atoms with Gasteiger partial charge >= 0.3 is 0 Å². The van der Waals surface area contributed by atoms with Crippen LogP contribution in [0.1, 0.15) is 36.9 Å². The molecule has 5 nitrogen and oxygen atoms in total. The Morgan fingerprint density at radius 1 is 1.22 bits per heavy atom. The molecule has 3 aliphatic heterocycles. The Morgan fingerprint density at radius 3 is 2.85 bits per heavy atom. The first-order chi connectivity index (χ1) is 13.2. The molecule has 5 heteroatoms. The number of nitrogens with one attached hydrogen (secondary N) is 1. The molecular formula is C22H29N3O2. The molecule has 2 aromatic rings. The van der Waals surface area contributed by atoms with E-state index in [9.17, 15) is 4.79 Å². The lowest BCUT2D eigenvalue weighted by atomic mass is 9.82. The van der Waals surface area contributed by atoms with Gasteiger partial charge in [0.2, 0.25) is 5.91 Å². The summed E-state index contributed by atoms with van der Waals surface area (Å²) in [6, 6.07) is 8.56. The molecule has 0 bridgehead atoms. The highest BCUT2D eigenvalue weighted by Gasteiger charge is 2.44. The highest BCUT2D eigenvalue weighted by molar-refractivity contribution is 5.85. The Hall–Kier alpha value is -1.85. The minimum Gasteiger partial charge on any atom is -0.368 e. The van der Waals surface area contributed by atoms with Gasteiger partial charge in [0.15, 0.2) is 0 Å². The summed E-state index contributed by atoms with van der Waals surface area (Å²) in [5.41, 5.74) is 3.65. The summed E-state index contributed by atoms with van der Waals surface area (Å²) >= 11 is 0. The van der Waals surface area contributed by atoms with Crippen LogP contribution in [0.5, 0.6) is 0 Å². The van der Waals surface area contributed by atoms with Gasteiger partial charge in [-0.1, -0.05) is 18.2 Å². The van der Waals surface area contributed by atoms with Crippen molar-refractivity contribution >= 4 is 16.8 Å². The molecule has 4 heterocycles. The van der Waals surface area contributed by atoms with Gasteiger partial charge in [0, 0.05) is 30.5 Å². The number of carbonyl (C=O) groups is 1. The van der Waals surface area contributed by atoms with Gasteiger partial charge in [-0.15, -0.1) is 0 Å². The number of rotatable bonds is 1. The van der Waals surface area contributed by atoms with Gasteiger partial charge in [-0.3, -0.25) is 4.79 Å². The molecule has 5 rings (SSSR count). The molecule has 1 atom stereocenters. The van der Waals surface area contributed by atoms with Gasteiger partial charge < -0.3 is 19.5 Å². The maximum atomic E-state index is 13.0. The number of hydrogen-bond donors (Lipinski definition) is 1. The molecule has 27 heavy (non-hydrogen) atoms. The second-order valence-electron chi connectivity index (χ2n) is 8.54. The van der Waals surface area contributed by atoms with E-state index in [1.807, 2.05) is 0 Å². The van der Waals surface area contributed by atoms with E-state index in [4.69, 9.17) is 4.74 Å². The minimum atomic E-state index is -0.243. The number of benzene rings is 1. The van der Waals surface area contributed by atoms with Gasteiger partial charge in [-0.25, -0.2) is 0 Å². The van der Waals surface area contributed by atoms with Crippen molar-refractivity contribution in [3.63, 3.8) is 0 Å². The third kappa shape index (κ3) is 2.88. The lowest BCUT2D eigenvalue weighted by molar-refractivity contribution is -0.146. The predicted molar refractivity (Wildman–Crippen MR) is 106 cm³/mol. The van der Waals surface area contributed by atoms with Crippen LogP contribution < -0.4 is 0 Å². The number of aromatic nitrogens is 1. The number of nitrogens with zero attached hydrogens (tertiary/aromatic N) is 2. The first kappa shape index (κ1) is 17.3. The van der Waals surface area contributed by atoms with E-state index in [0.717, 1.165) is 64.9 Å². The third-order valence-corrected chi connectivity index (χ3v) is 6.86. The maximum Gasteiger partial charge on any atom is 0.226 e. The number of ether oxygens (including phenoxy) is 1. The molecule has 2 saturated heterocycles. The van der Waals surface area contributed by atoms with Crippen molar-refractivity contribution < 1.29 is 9.53 Å². The number of hydrogen-bond acceptors (Lipinski definition) is 3. The second-order valence-corrected chi connectivity index (χ2v) is 8.54. The van der Waals surface area contributed by atoms with Crippen LogP contribution in [0, 0.1) is 5.92 Å². The minimum absolute atomic E-state index is 0.175. The molecule has 0 radical (unpaired) electrons. The number of fused-ring (bicyclic) bond motifs is 4. The van der Waals surface area contributed by atoms with Crippen molar-refractivity contribution in [2.24, 2.45) is 5.92 Å².